The smallest absolute Gasteiger partial charge is 0.269 e. The normalized spacial score (nSPS) is 10.8. The molecule has 0 aliphatic heterocycles. The average Bonchev–Trinajstić information content (AvgIpc) is 3.40. The molecule has 0 aliphatic carbocycles. The Bertz CT molecular complexity index is 1400. The van der Waals surface area contributed by atoms with Gasteiger partial charge in [0.15, 0.2) is 5.82 Å². The molecule has 196 valence electrons. The lowest BCUT2D eigenvalue weighted by Crippen LogP contribution is -2.31. The average molecular weight is 577 g/mol. The molecule has 0 atom stereocenters. The second-order valence-corrected chi connectivity index (χ2v) is 9.76. The highest BCUT2D eigenvalue weighted by molar-refractivity contribution is 9.10. The molecule has 4 aromatic rings. The van der Waals surface area contributed by atoms with E-state index in [0.29, 0.717) is 53.8 Å². The first-order valence-corrected chi connectivity index (χ1v) is 12.9. The van der Waals surface area contributed by atoms with Gasteiger partial charge in [-0.25, -0.2) is 4.98 Å². The zero-order valence-corrected chi connectivity index (χ0v) is 22.8. The Kier molecular flexibility index (Phi) is 9.23. The summed E-state index contributed by atoms with van der Waals surface area (Å²) < 4.78 is 6.93. The summed E-state index contributed by atoms with van der Waals surface area (Å²) in [5.74, 6) is 1.39. The number of likely N-dealkylation sites (N-methyl/N-ethyl adjacent to an activating group) is 1. The SMILES string of the molecule is CN(C)CCNC(=O)c1cnc(-c2cc(Oc3cccc(CCNC(=O)c4cccc(Br)c4)c3)ccn2)[nH]1. The predicted octanol–water partition coefficient (Wildman–Crippen LogP) is 4.29. The molecule has 2 heterocycles. The number of H-pyrrole nitrogens is 1. The molecule has 0 spiro atoms. The summed E-state index contributed by atoms with van der Waals surface area (Å²) in [5.41, 5.74) is 2.56. The second-order valence-electron chi connectivity index (χ2n) is 8.85. The lowest BCUT2D eigenvalue weighted by atomic mass is 10.1. The van der Waals surface area contributed by atoms with Gasteiger partial charge in [-0.1, -0.05) is 34.1 Å². The third-order valence-corrected chi connectivity index (χ3v) is 6.05. The van der Waals surface area contributed by atoms with Crippen molar-refractivity contribution in [1.29, 1.82) is 0 Å². The van der Waals surface area contributed by atoms with Crippen molar-refractivity contribution in [2.45, 2.75) is 6.42 Å². The fourth-order valence-corrected chi connectivity index (χ4v) is 4.01. The van der Waals surface area contributed by atoms with Crippen LogP contribution in [0, 0.1) is 0 Å². The number of rotatable bonds is 11. The number of nitrogens with one attached hydrogen (secondary N) is 3. The minimum Gasteiger partial charge on any atom is -0.457 e. The van der Waals surface area contributed by atoms with E-state index in [2.05, 4.69) is 41.5 Å². The van der Waals surface area contributed by atoms with E-state index in [1.807, 2.05) is 55.4 Å². The van der Waals surface area contributed by atoms with Gasteiger partial charge in [-0.15, -0.1) is 0 Å². The highest BCUT2D eigenvalue weighted by atomic mass is 79.9. The summed E-state index contributed by atoms with van der Waals surface area (Å²) >= 11 is 3.39. The Morgan fingerprint density at radius 1 is 0.947 bits per heavy atom. The number of nitrogens with zero attached hydrogens (tertiary/aromatic N) is 3. The van der Waals surface area contributed by atoms with Gasteiger partial charge in [0.1, 0.15) is 22.9 Å². The molecule has 4 rings (SSSR count). The molecule has 0 aliphatic rings. The van der Waals surface area contributed by atoms with Crippen molar-refractivity contribution in [3.63, 3.8) is 0 Å². The number of carbonyl (C=O) groups is 2. The molecular formula is C28H29BrN6O3. The maximum Gasteiger partial charge on any atom is 0.269 e. The van der Waals surface area contributed by atoms with Crippen molar-refractivity contribution < 1.29 is 14.3 Å². The Morgan fingerprint density at radius 2 is 1.74 bits per heavy atom. The minimum absolute atomic E-state index is 0.116. The predicted molar refractivity (Wildman–Crippen MR) is 149 cm³/mol. The van der Waals surface area contributed by atoms with Gasteiger partial charge in [0.2, 0.25) is 0 Å². The van der Waals surface area contributed by atoms with Crippen molar-refractivity contribution in [2.75, 3.05) is 33.7 Å². The Morgan fingerprint density at radius 3 is 2.55 bits per heavy atom. The first-order valence-electron chi connectivity index (χ1n) is 12.1. The van der Waals surface area contributed by atoms with Gasteiger partial charge in [0, 0.05) is 41.9 Å². The molecule has 3 N–H and O–H groups in total. The number of carbonyl (C=O) groups excluding carboxylic acids is 2. The summed E-state index contributed by atoms with van der Waals surface area (Å²) in [6, 6.07) is 18.5. The number of hydrogen-bond donors (Lipinski definition) is 3. The minimum atomic E-state index is -0.220. The number of benzene rings is 2. The third kappa shape index (κ3) is 7.74. The van der Waals surface area contributed by atoms with Crippen LogP contribution in [0.4, 0.5) is 0 Å². The Hall–Kier alpha value is -4.02. The van der Waals surface area contributed by atoms with Crippen LogP contribution in [0.1, 0.15) is 26.4 Å². The maximum absolute atomic E-state index is 12.4. The van der Waals surface area contributed by atoms with E-state index in [0.717, 1.165) is 16.6 Å². The molecule has 9 nitrogen and oxygen atoms in total. The molecule has 0 bridgehead atoms. The van der Waals surface area contributed by atoms with Crippen molar-refractivity contribution >= 4 is 27.7 Å². The quantitative estimate of drug-likeness (QED) is 0.245. The van der Waals surface area contributed by atoms with E-state index in [-0.39, 0.29) is 11.8 Å². The van der Waals surface area contributed by atoms with Crippen LogP contribution in [0.5, 0.6) is 11.5 Å². The van der Waals surface area contributed by atoms with Gasteiger partial charge < -0.3 is 25.3 Å². The molecule has 38 heavy (non-hydrogen) atoms. The summed E-state index contributed by atoms with van der Waals surface area (Å²) in [4.78, 5) is 38.4. The van der Waals surface area contributed by atoms with Gasteiger partial charge in [0.05, 0.1) is 6.20 Å². The Labute approximate surface area is 229 Å². The van der Waals surface area contributed by atoms with E-state index >= 15 is 0 Å². The number of halogens is 1. The lowest BCUT2D eigenvalue weighted by Gasteiger charge is -2.10. The molecule has 2 amide bonds. The van der Waals surface area contributed by atoms with Crippen LogP contribution < -0.4 is 15.4 Å². The van der Waals surface area contributed by atoms with E-state index in [1.54, 1.807) is 30.5 Å². The van der Waals surface area contributed by atoms with E-state index in [1.165, 1.54) is 6.20 Å². The van der Waals surface area contributed by atoms with Crippen molar-refractivity contribution in [1.82, 2.24) is 30.5 Å². The van der Waals surface area contributed by atoms with E-state index < -0.39 is 0 Å². The Balaban J connectivity index is 1.34. The van der Waals surface area contributed by atoms with Crippen LogP contribution in [0.2, 0.25) is 0 Å². The molecule has 2 aromatic heterocycles. The van der Waals surface area contributed by atoms with Gasteiger partial charge in [-0.05, 0) is 62.5 Å². The number of ether oxygens (including phenoxy) is 1. The summed E-state index contributed by atoms with van der Waals surface area (Å²) in [7, 11) is 3.90. The summed E-state index contributed by atoms with van der Waals surface area (Å²) in [6.45, 7) is 1.78. The fourth-order valence-electron chi connectivity index (χ4n) is 3.61. The first-order chi connectivity index (χ1) is 18.4. The van der Waals surface area contributed by atoms with Gasteiger partial charge in [-0.3, -0.25) is 14.6 Å². The van der Waals surface area contributed by atoms with E-state index in [9.17, 15) is 9.59 Å². The van der Waals surface area contributed by atoms with E-state index in [4.69, 9.17) is 4.74 Å². The molecule has 0 unspecified atom stereocenters. The summed E-state index contributed by atoms with van der Waals surface area (Å²) in [6.07, 6.45) is 3.78. The molecule has 2 aromatic carbocycles. The van der Waals surface area contributed by atoms with Gasteiger partial charge in [0.25, 0.3) is 11.8 Å². The first kappa shape index (κ1) is 27.0. The van der Waals surface area contributed by atoms with Gasteiger partial charge >= 0.3 is 0 Å². The van der Waals surface area contributed by atoms with Crippen molar-refractivity contribution in [3.8, 4) is 23.0 Å². The van der Waals surface area contributed by atoms with Gasteiger partial charge in [-0.2, -0.15) is 0 Å². The van der Waals surface area contributed by atoms with Crippen LogP contribution in [0.25, 0.3) is 11.5 Å². The fraction of sp³-hybridized carbons (Fsp3) is 0.214. The number of aromatic nitrogens is 3. The van der Waals surface area contributed by atoms with Crippen molar-refractivity contribution in [2.24, 2.45) is 0 Å². The number of imidazole rings is 1. The van der Waals surface area contributed by atoms with Crippen LogP contribution in [0.3, 0.4) is 0 Å². The monoisotopic (exact) mass is 576 g/mol. The number of amides is 2. The maximum atomic E-state index is 12.4. The standard InChI is InChI=1S/C28H29BrN6O3/c1-35(2)14-13-32-28(37)25-18-33-26(34-25)24-17-23(10-12-30-24)38-22-8-3-5-19(15-22)9-11-31-27(36)20-6-4-7-21(29)16-20/h3-8,10,12,15-18H,9,11,13-14H2,1-2H3,(H,31,36)(H,32,37)(H,33,34). The van der Waals surface area contributed by atoms with Crippen LogP contribution in [-0.4, -0.2) is 65.4 Å². The number of aromatic amines is 1. The van der Waals surface area contributed by atoms with Crippen molar-refractivity contribution in [3.05, 3.63) is 94.4 Å². The molecular weight excluding hydrogens is 548 g/mol. The number of hydrogen-bond acceptors (Lipinski definition) is 6. The van der Waals surface area contributed by atoms with Crippen LogP contribution >= 0.6 is 15.9 Å². The largest absolute Gasteiger partial charge is 0.457 e. The highest BCUT2D eigenvalue weighted by Gasteiger charge is 2.12. The lowest BCUT2D eigenvalue weighted by molar-refractivity contribution is 0.0941. The highest BCUT2D eigenvalue weighted by Crippen LogP contribution is 2.25. The molecule has 0 saturated heterocycles. The topological polar surface area (TPSA) is 112 Å². The molecule has 0 radical (unpaired) electrons. The zero-order valence-electron chi connectivity index (χ0n) is 21.2. The molecule has 10 heteroatoms. The number of pyridine rings is 1. The van der Waals surface area contributed by atoms with Crippen LogP contribution in [0.15, 0.2) is 77.5 Å². The zero-order chi connectivity index (χ0) is 26.9. The molecule has 0 saturated carbocycles. The van der Waals surface area contributed by atoms with Crippen LogP contribution in [-0.2, 0) is 6.42 Å². The summed E-state index contributed by atoms with van der Waals surface area (Å²) in [5, 5.41) is 5.80. The second kappa shape index (κ2) is 13.0. The third-order valence-electron chi connectivity index (χ3n) is 5.56. The molecule has 0 fully saturated rings.